The predicted molar refractivity (Wildman–Crippen MR) is 84.6 cm³/mol. The molecule has 0 radical (unpaired) electrons. The van der Waals surface area contributed by atoms with Gasteiger partial charge in [0.1, 0.15) is 11.6 Å². The molecule has 3 rings (SSSR count). The van der Waals surface area contributed by atoms with Crippen molar-refractivity contribution in [2.24, 2.45) is 0 Å². The molecule has 0 saturated heterocycles. The first-order chi connectivity index (χ1) is 10.2. The van der Waals surface area contributed by atoms with Crippen LogP contribution >= 0.6 is 15.9 Å². The van der Waals surface area contributed by atoms with Crippen LogP contribution < -0.4 is 10.1 Å². The molecular formula is C15H16BrN3O2. The number of benzene rings is 1. The second-order valence-corrected chi connectivity index (χ2v) is 5.63. The lowest BCUT2D eigenvalue weighted by molar-refractivity contribution is 0.109. The van der Waals surface area contributed by atoms with Crippen molar-refractivity contribution >= 4 is 21.7 Å². The number of hydrogen-bond donors (Lipinski definition) is 1. The summed E-state index contributed by atoms with van der Waals surface area (Å²) in [5.74, 6) is 2.24. The molecule has 1 aliphatic rings. The standard InChI is InChI=1S/C15H16BrN3O2/c1-17-14-11-8-21-6-5-12(11)18-15(19-14)10-7-9(16)3-4-13(10)20-2/h3-4,7H,5-6,8H2,1-2H3,(H,17,18,19). The van der Waals surface area contributed by atoms with Crippen LogP contribution in [0.3, 0.4) is 0 Å². The Hall–Kier alpha value is -1.66. The van der Waals surface area contributed by atoms with Gasteiger partial charge in [-0.3, -0.25) is 0 Å². The average Bonchev–Trinajstić information content (AvgIpc) is 2.53. The second-order valence-electron chi connectivity index (χ2n) is 4.72. The number of fused-ring (bicyclic) bond motifs is 1. The van der Waals surface area contributed by atoms with Crippen molar-refractivity contribution in [3.63, 3.8) is 0 Å². The molecular weight excluding hydrogens is 334 g/mol. The van der Waals surface area contributed by atoms with E-state index >= 15 is 0 Å². The SMILES string of the molecule is CNc1nc(-c2cc(Br)ccc2OC)nc2c1COCC2. The highest BCUT2D eigenvalue weighted by molar-refractivity contribution is 9.10. The van der Waals surface area contributed by atoms with Crippen molar-refractivity contribution in [1.29, 1.82) is 0 Å². The van der Waals surface area contributed by atoms with Gasteiger partial charge in [0.2, 0.25) is 0 Å². The summed E-state index contributed by atoms with van der Waals surface area (Å²) in [4.78, 5) is 9.33. The zero-order valence-corrected chi connectivity index (χ0v) is 13.5. The summed E-state index contributed by atoms with van der Waals surface area (Å²) >= 11 is 3.49. The number of hydrogen-bond acceptors (Lipinski definition) is 5. The Morgan fingerprint density at radius 3 is 2.95 bits per heavy atom. The molecule has 0 fully saturated rings. The summed E-state index contributed by atoms with van der Waals surface area (Å²) in [6, 6.07) is 5.82. The smallest absolute Gasteiger partial charge is 0.165 e. The third-order valence-electron chi connectivity index (χ3n) is 3.46. The molecule has 1 N–H and O–H groups in total. The first-order valence-electron chi connectivity index (χ1n) is 6.72. The molecule has 110 valence electrons. The average molecular weight is 350 g/mol. The topological polar surface area (TPSA) is 56.3 Å². The van der Waals surface area contributed by atoms with Gasteiger partial charge in [0.05, 0.1) is 31.6 Å². The number of methoxy groups -OCH3 is 1. The Morgan fingerprint density at radius 2 is 2.19 bits per heavy atom. The summed E-state index contributed by atoms with van der Waals surface area (Å²) in [6.07, 6.45) is 0.801. The Morgan fingerprint density at radius 1 is 1.33 bits per heavy atom. The molecule has 0 amide bonds. The van der Waals surface area contributed by atoms with Crippen LogP contribution in [0.4, 0.5) is 5.82 Å². The third-order valence-corrected chi connectivity index (χ3v) is 3.95. The van der Waals surface area contributed by atoms with E-state index in [4.69, 9.17) is 14.5 Å². The molecule has 6 heteroatoms. The minimum Gasteiger partial charge on any atom is -0.496 e. The van der Waals surface area contributed by atoms with Crippen LogP contribution in [0.25, 0.3) is 11.4 Å². The normalized spacial score (nSPS) is 13.7. The fraction of sp³-hybridized carbons (Fsp3) is 0.333. The molecule has 1 aromatic carbocycles. The Labute approximate surface area is 131 Å². The highest BCUT2D eigenvalue weighted by Crippen LogP contribution is 2.33. The van der Waals surface area contributed by atoms with E-state index in [1.807, 2.05) is 25.2 Å². The number of anilines is 1. The minimum atomic E-state index is 0.557. The van der Waals surface area contributed by atoms with E-state index in [2.05, 4.69) is 26.2 Å². The molecule has 0 bridgehead atoms. The molecule has 0 atom stereocenters. The third kappa shape index (κ3) is 2.73. The molecule has 2 aromatic rings. The van der Waals surface area contributed by atoms with Crippen molar-refractivity contribution in [3.8, 4) is 17.1 Å². The van der Waals surface area contributed by atoms with Crippen LogP contribution in [0.1, 0.15) is 11.3 Å². The Balaban J connectivity index is 2.17. The minimum absolute atomic E-state index is 0.557. The molecule has 0 unspecified atom stereocenters. The van der Waals surface area contributed by atoms with Gasteiger partial charge in [-0.1, -0.05) is 15.9 Å². The van der Waals surface area contributed by atoms with Crippen molar-refractivity contribution in [1.82, 2.24) is 9.97 Å². The van der Waals surface area contributed by atoms with Gasteiger partial charge in [-0.2, -0.15) is 0 Å². The maximum Gasteiger partial charge on any atom is 0.165 e. The first-order valence-corrected chi connectivity index (χ1v) is 7.51. The first kappa shape index (κ1) is 14.3. The lowest BCUT2D eigenvalue weighted by Gasteiger charge is -2.19. The Kier molecular flexibility index (Phi) is 4.07. The van der Waals surface area contributed by atoms with Gasteiger partial charge in [-0.15, -0.1) is 0 Å². The van der Waals surface area contributed by atoms with Gasteiger partial charge < -0.3 is 14.8 Å². The molecule has 0 spiro atoms. The van der Waals surface area contributed by atoms with Gasteiger partial charge in [0.15, 0.2) is 5.82 Å². The number of rotatable bonds is 3. The van der Waals surface area contributed by atoms with Gasteiger partial charge in [-0.05, 0) is 18.2 Å². The van der Waals surface area contributed by atoms with E-state index in [1.54, 1.807) is 7.11 Å². The van der Waals surface area contributed by atoms with E-state index < -0.39 is 0 Å². The van der Waals surface area contributed by atoms with Gasteiger partial charge >= 0.3 is 0 Å². The highest BCUT2D eigenvalue weighted by atomic mass is 79.9. The zero-order chi connectivity index (χ0) is 14.8. The lowest BCUT2D eigenvalue weighted by Crippen LogP contribution is -2.16. The van der Waals surface area contributed by atoms with Crippen molar-refractivity contribution in [2.45, 2.75) is 13.0 Å². The van der Waals surface area contributed by atoms with Crippen LogP contribution in [0.5, 0.6) is 5.75 Å². The number of ether oxygens (including phenoxy) is 2. The summed E-state index contributed by atoms with van der Waals surface area (Å²) < 4.78 is 11.9. The fourth-order valence-electron chi connectivity index (χ4n) is 2.41. The molecule has 0 saturated carbocycles. The largest absolute Gasteiger partial charge is 0.496 e. The fourth-order valence-corrected chi connectivity index (χ4v) is 2.78. The maximum atomic E-state index is 5.50. The van der Waals surface area contributed by atoms with Crippen molar-refractivity contribution < 1.29 is 9.47 Å². The second kappa shape index (κ2) is 5.99. The lowest BCUT2D eigenvalue weighted by atomic mass is 10.1. The molecule has 5 nitrogen and oxygen atoms in total. The van der Waals surface area contributed by atoms with E-state index in [9.17, 15) is 0 Å². The highest BCUT2D eigenvalue weighted by Gasteiger charge is 2.19. The molecule has 21 heavy (non-hydrogen) atoms. The van der Waals surface area contributed by atoms with Gasteiger partial charge in [0.25, 0.3) is 0 Å². The van der Waals surface area contributed by atoms with E-state index in [0.717, 1.165) is 39.3 Å². The van der Waals surface area contributed by atoms with Gasteiger partial charge in [-0.25, -0.2) is 9.97 Å². The predicted octanol–water partition coefficient (Wildman–Crippen LogP) is 3.03. The monoisotopic (exact) mass is 349 g/mol. The summed E-state index contributed by atoms with van der Waals surface area (Å²) in [6.45, 7) is 1.25. The molecule has 2 heterocycles. The number of halogens is 1. The molecule has 1 aromatic heterocycles. The van der Waals surface area contributed by atoms with Crippen LogP contribution in [0.2, 0.25) is 0 Å². The zero-order valence-electron chi connectivity index (χ0n) is 11.9. The van der Waals surface area contributed by atoms with Crippen LogP contribution in [-0.2, 0) is 17.8 Å². The van der Waals surface area contributed by atoms with E-state index in [-0.39, 0.29) is 0 Å². The number of nitrogens with one attached hydrogen (secondary N) is 1. The summed E-state index contributed by atoms with van der Waals surface area (Å²) in [5.41, 5.74) is 2.96. The summed E-state index contributed by atoms with van der Waals surface area (Å²) in [7, 11) is 3.51. The number of nitrogens with zero attached hydrogens (tertiary/aromatic N) is 2. The van der Waals surface area contributed by atoms with Crippen molar-refractivity contribution in [2.75, 3.05) is 26.1 Å². The van der Waals surface area contributed by atoms with E-state index in [1.165, 1.54) is 0 Å². The maximum absolute atomic E-state index is 5.50. The molecule has 1 aliphatic heterocycles. The van der Waals surface area contributed by atoms with Crippen LogP contribution in [-0.4, -0.2) is 30.7 Å². The van der Waals surface area contributed by atoms with Gasteiger partial charge in [0, 0.05) is 23.5 Å². The summed E-state index contributed by atoms with van der Waals surface area (Å²) in [5, 5.41) is 3.13. The van der Waals surface area contributed by atoms with E-state index in [0.29, 0.717) is 19.0 Å². The quantitative estimate of drug-likeness (QED) is 0.922. The van der Waals surface area contributed by atoms with Crippen LogP contribution in [0.15, 0.2) is 22.7 Å². The van der Waals surface area contributed by atoms with Crippen LogP contribution in [0, 0.1) is 0 Å². The van der Waals surface area contributed by atoms with Crippen molar-refractivity contribution in [3.05, 3.63) is 33.9 Å². The Bertz CT molecular complexity index is 659. The molecule has 0 aliphatic carbocycles. The number of aromatic nitrogens is 2.